The average Bonchev–Trinajstić information content (AvgIpc) is 2.77. The fourth-order valence-electron chi connectivity index (χ4n) is 3.04. The van der Waals surface area contributed by atoms with Gasteiger partial charge in [-0.05, 0) is 24.8 Å². The van der Waals surface area contributed by atoms with Gasteiger partial charge in [0.15, 0.2) is 0 Å². The lowest BCUT2D eigenvalue weighted by atomic mass is 9.95. The smallest absolute Gasteiger partial charge is 0.246 e. The van der Waals surface area contributed by atoms with Crippen LogP contribution < -0.4 is 5.32 Å². The molecule has 0 aromatic heterocycles. The second-order valence-corrected chi connectivity index (χ2v) is 6.04. The molecule has 1 aliphatic carbocycles. The topological polar surface area (TPSA) is 58.6 Å². The first-order valence-electron chi connectivity index (χ1n) is 8.31. The molecule has 0 bridgehead atoms. The van der Waals surface area contributed by atoms with Crippen LogP contribution in [0.5, 0.6) is 0 Å². The molecular formula is C18H27NO3. The standard InChI is InChI=1S/C18H27NO3/c20-13-16-9-5-2-6-10-17(16)19-18(21)14-22-12-11-15-7-3-1-4-8-15/h1,3-4,7-8,16-17,20H,2,5-6,9-14H2,(H,19,21). The van der Waals surface area contributed by atoms with Crippen LogP contribution in [0.15, 0.2) is 30.3 Å². The molecule has 0 radical (unpaired) electrons. The first-order valence-corrected chi connectivity index (χ1v) is 8.31. The highest BCUT2D eigenvalue weighted by atomic mass is 16.5. The predicted molar refractivity (Wildman–Crippen MR) is 86.6 cm³/mol. The number of benzene rings is 1. The minimum atomic E-state index is -0.0709. The Bertz CT molecular complexity index is 435. The van der Waals surface area contributed by atoms with Crippen LogP contribution in [-0.2, 0) is 16.0 Å². The zero-order valence-corrected chi connectivity index (χ0v) is 13.2. The summed E-state index contributed by atoms with van der Waals surface area (Å²) in [5, 5.41) is 12.5. The van der Waals surface area contributed by atoms with Gasteiger partial charge in [-0.2, -0.15) is 0 Å². The highest BCUT2D eigenvalue weighted by molar-refractivity contribution is 5.77. The quantitative estimate of drug-likeness (QED) is 0.600. The number of ether oxygens (including phenoxy) is 1. The molecule has 1 aliphatic rings. The molecule has 0 heterocycles. The van der Waals surface area contributed by atoms with Crippen LogP contribution in [0.3, 0.4) is 0 Å². The predicted octanol–water partition coefficient (Wildman–Crippen LogP) is 2.30. The largest absolute Gasteiger partial charge is 0.396 e. The molecule has 4 heteroatoms. The average molecular weight is 305 g/mol. The maximum atomic E-state index is 12.0. The molecule has 1 aromatic rings. The summed E-state index contributed by atoms with van der Waals surface area (Å²) in [7, 11) is 0. The molecule has 22 heavy (non-hydrogen) atoms. The van der Waals surface area contributed by atoms with Gasteiger partial charge in [-0.25, -0.2) is 0 Å². The van der Waals surface area contributed by atoms with Crippen molar-refractivity contribution >= 4 is 5.91 Å². The van der Waals surface area contributed by atoms with E-state index in [0.717, 1.165) is 32.1 Å². The van der Waals surface area contributed by atoms with Gasteiger partial charge in [0.05, 0.1) is 6.61 Å². The second-order valence-electron chi connectivity index (χ2n) is 6.04. The van der Waals surface area contributed by atoms with E-state index in [1.165, 1.54) is 12.0 Å². The van der Waals surface area contributed by atoms with E-state index < -0.39 is 0 Å². The Hall–Kier alpha value is -1.39. The molecule has 1 fully saturated rings. The zero-order valence-electron chi connectivity index (χ0n) is 13.2. The first kappa shape index (κ1) is 17.0. The van der Waals surface area contributed by atoms with E-state index in [1.807, 2.05) is 18.2 Å². The monoisotopic (exact) mass is 305 g/mol. The van der Waals surface area contributed by atoms with Gasteiger partial charge in [0.25, 0.3) is 0 Å². The van der Waals surface area contributed by atoms with Crippen molar-refractivity contribution in [2.75, 3.05) is 19.8 Å². The van der Waals surface area contributed by atoms with Crippen molar-refractivity contribution in [3.05, 3.63) is 35.9 Å². The van der Waals surface area contributed by atoms with Crippen molar-refractivity contribution in [3.63, 3.8) is 0 Å². The Morgan fingerprint density at radius 3 is 2.73 bits per heavy atom. The summed E-state index contributed by atoms with van der Waals surface area (Å²) >= 11 is 0. The Labute approximate surface area is 132 Å². The highest BCUT2D eigenvalue weighted by Crippen LogP contribution is 2.23. The van der Waals surface area contributed by atoms with Crippen LogP contribution in [0.25, 0.3) is 0 Å². The molecule has 122 valence electrons. The molecule has 2 rings (SSSR count). The molecule has 4 nitrogen and oxygen atoms in total. The Morgan fingerprint density at radius 1 is 1.18 bits per heavy atom. The Morgan fingerprint density at radius 2 is 1.95 bits per heavy atom. The molecule has 1 saturated carbocycles. The third-order valence-electron chi connectivity index (χ3n) is 4.35. The lowest BCUT2D eigenvalue weighted by molar-refractivity contribution is -0.126. The summed E-state index contributed by atoms with van der Waals surface area (Å²) in [6.07, 6.45) is 6.23. The highest BCUT2D eigenvalue weighted by Gasteiger charge is 2.24. The van der Waals surface area contributed by atoms with Crippen molar-refractivity contribution in [3.8, 4) is 0 Å². The third kappa shape index (κ3) is 5.78. The van der Waals surface area contributed by atoms with Gasteiger partial charge in [0.2, 0.25) is 5.91 Å². The van der Waals surface area contributed by atoms with Crippen LogP contribution in [0.2, 0.25) is 0 Å². The van der Waals surface area contributed by atoms with Crippen molar-refractivity contribution in [2.45, 2.75) is 44.6 Å². The molecular weight excluding hydrogens is 278 g/mol. The number of carbonyl (C=O) groups is 1. The van der Waals surface area contributed by atoms with Crippen LogP contribution in [0, 0.1) is 5.92 Å². The van der Waals surface area contributed by atoms with Gasteiger partial charge < -0.3 is 15.2 Å². The molecule has 0 saturated heterocycles. The molecule has 1 amide bonds. The summed E-state index contributed by atoms with van der Waals surface area (Å²) < 4.78 is 5.47. The second kappa shape index (κ2) is 9.59. The number of hydrogen-bond donors (Lipinski definition) is 2. The fraction of sp³-hybridized carbons (Fsp3) is 0.611. The van der Waals surface area contributed by atoms with E-state index in [2.05, 4.69) is 17.4 Å². The molecule has 0 spiro atoms. The van der Waals surface area contributed by atoms with Gasteiger partial charge in [-0.3, -0.25) is 4.79 Å². The van der Waals surface area contributed by atoms with Gasteiger partial charge in [-0.1, -0.05) is 49.6 Å². The maximum absolute atomic E-state index is 12.0. The van der Waals surface area contributed by atoms with Gasteiger partial charge >= 0.3 is 0 Å². The van der Waals surface area contributed by atoms with Crippen LogP contribution in [-0.4, -0.2) is 36.9 Å². The van der Waals surface area contributed by atoms with E-state index in [1.54, 1.807) is 0 Å². The van der Waals surface area contributed by atoms with E-state index in [9.17, 15) is 9.90 Å². The lowest BCUT2D eigenvalue weighted by Gasteiger charge is -2.24. The van der Waals surface area contributed by atoms with Crippen molar-refractivity contribution in [2.24, 2.45) is 5.92 Å². The van der Waals surface area contributed by atoms with Crippen molar-refractivity contribution < 1.29 is 14.6 Å². The Kier molecular flexibility index (Phi) is 7.40. The number of amides is 1. The van der Waals surface area contributed by atoms with Crippen molar-refractivity contribution in [1.29, 1.82) is 0 Å². The first-order chi connectivity index (χ1) is 10.8. The van der Waals surface area contributed by atoms with E-state index in [0.29, 0.717) is 6.61 Å². The number of carbonyl (C=O) groups excluding carboxylic acids is 1. The number of nitrogens with one attached hydrogen (secondary N) is 1. The number of hydrogen-bond acceptors (Lipinski definition) is 3. The number of aliphatic hydroxyl groups excluding tert-OH is 1. The van der Waals surface area contributed by atoms with Crippen LogP contribution in [0.4, 0.5) is 0 Å². The summed E-state index contributed by atoms with van der Waals surface area (Å²) in [6.45, 7) is 0.798. The zero-order chi connectivity index (χ0) is 15.6. The SMILES string of the molecule is O=C(COCCc1ccccc1)NC1CCCCCC1CO. The van der Waals surface area contributed by atoms with Crippen molar-refractivity contribution in [1.82, 2.24) is 5.32 Å². The number of rotatable bonds is 7. The molecule has 0 aliphatic heterocycles. The molecule has 2 unspecified atom stereocenters. The number of aliphatic hydroxyl groups is 1. The summed E-state index contributed by atoms with van der Waals surface area (Å²) in [4.78, 5) is 12.0. The minimum absolute atomic E-state index is 0.0709. The fourth-order valence-corrected chi connectivity index (χ4v) is 3.04. The summed E-state index contributed by atoms with van der Waals surface area (Å²) in [5.41, 5.74) is 1.21. The van der Waals surface area contributed by atoms with E-state index >= 15 is 0 Å². The van der Waals surface area contributed by atoms with Crippen LogP contribution in [0.1, 0.15) is 37.7 Å². The minimum Gasteiger partial charge on any atom is -0.396 e. The van der Waals surface area contributed by atoms with Crippen LogP contribution >= 0.6 is 0 Å². The maximum Gasteiger partial charge on any atom is 0.246 e. The Balaban J connectivity index is 1.66. The van der Waals surface area contributed by atoms with E-state index in [4.69, 9.17) is 4.74 Å². The summed E-state index contributed by atoms with van der Waals surface area (Å²) in [5.74, 6) is 0.120. The van der Waals surface area contributed by atoms with Gasteiger partial charge in [0, 0.05) is 18.6 Å². The normalized spacial score (nSPS) is 22.0. The van der Waals surface area contributed by atoms with Gasteiger partial charge in [-0.15, -0.1) is 0 Å². The van der Waals surface area contributed by atoms with Gasteiger partial charge in [0.1, 0.15) is 6.61 Å². The molecule has 1 aromatic carbocycles. The molecule has 2 atom stereocenters. The van der Waals surface area contributed by atoms with E-state index in [-0.39, 0.29) is 31.1 Å². The molecule has 2 N–H and O–H groups in total. The summed E-state index contributed by atoms with van der Waals surface area (Å²) in [6, 6.07) is 10.2. The lowest BCUT2D eigenvalue weighted by Crippen LogP contribution is -2.42. The third-order valence-corrected chi connectivity index (χ3v) is 4.35.